The summed E-state index contributed by atoms with van der Waals surface area (Å²) in [6.07, 6.45) is 12.9. The van der Waals surface area contributed by atoms with Crippen LogP contribution in [0.15, 0.2) is 10.6 Å². The molecule has 0 aliphatic heterocycles. The van der Waals surface area contributed by atoms with Crippen LogP contribution in [-0.4, -0.2) is 5.78 Å². The number of hydrogen-bond acceptors (Lipinski definition) is 1. The average Bonchev–Trinajstić information content (AvgIpc) is 2.82. The highest BCUT2D eigenvalue weighted by Gasteiger charge is 2.57. The molecule has 0 N–H and O–H groups in total. The summed E-state index contributed by atoms with van der Waals surface area (Å²) < 4.78 is 0.863. The first-order valence-corrected chi connectivity index (χ1v) is 9.65. The lowest BCUT2D eigenvalue weighted by molar-refractivity contribution is -0.122. The summed E-state index contributed by atoms with van der Waals surface area (Å²) in [5.41, 5.74) is 0.898. The Hall–Kier alpha value is -0.110. The second-order valence-corrected chi connectivity index (χ2v) is 9.58. The molecule has 3 saturated carbocycles. The highest BCUT2D eigenvalue weighted by atomic mass is 79.9. The molecule has 0 aromatic carbocycles. The van der Waals surface area contributed by atoms with E-state index in [0.717, 1.165) is 28.7 Å². The van der Waals surface area contributed by atoms with E-state index in [1.807, 2.05) is 0 Å². The summed E-state index contributed by atoms with van der Waals surface area (Å²) in [6, 6.07) is 0. The van der Waals surface area contributed by atoms with Crippen LogP contribution in [-0.2, 0) is 4.79 Å². The number of carbonyl (C=O) groups excluding carboxylic acids is 1. The van der Waals surface area contributed by atoms with Crippen LogP contribution in [0.3, 0.4) is 0 Å². The second kappa shape index (κ2) is 4.69. The standard InChI is InChI=1S/C19H27BrO/c1-18-8-3-4-14(18)13-6-5-12-10-17(21)16(20)11-19(12,2)15(13)7-9-18/h11-15H,3-10H2,1-2H3/t12-,13-,14-,15-,18-,19-/m0/s1. The van der Waals surface area contributed by atoms with Gasteiger partial charge in [-0.2, -0.15) is 0 Å². The van der Waals surface area contributed by atoms with Crippen molar-refractivity contribution in [2.75, 3.05) is 0 Å². The van der Waals surface area contributed by atoms with E-state index in [-0.39, 0.29) is 5.41 Å². The molecule has 3 fully saturated rings. The predicted octanol–water partition coefficient (Wildman–Crippen LogP) is 5.49. The van der Waals surface area contributed by atoms with Crippen molar-refractivity contribution in [3.05, 3.63) is 10.6 Å². The maximum Gasteiger partial charge on any atom is 0.169 e. The van der Waals surface area contributed by atoms with Gasteiger partial charge in [0.1, 0.15) is 0 Å². The fourth-order valence-corrected chi connectivity index (χ4v) is 7.34. The van der Waals surface area contributed by atoms with Gasteiger partial charge in [0, 0.05) is 6.42 Å². The molecular weight excluding hydrogens is 324 g/mol. The summed E-state index contributed by atoms with van der Waals surface area (Å²) in [5.74, 6) is 3.61. The zero-order valence-electron chi connectivity index (χ0n) is 13.3. The Morgan fingerprint density at radius 2 is 1.90 bits per heavy atom. The molecule has 1 nitrogen and oxygen atoms in total. The molecule has 6 atom stereocenters. The van der Waals surface area contributed by atoms with E-state index in [2.05, 4.69) is 35.9 Å². The van der Waals surface area contributed by atoms with Crippen molar-refractivity contribution in [2.24, 2.45) is 34.5 Å². The molecule has 21 heavy (non-hydrogen) atoms. The van der Waals surface area contributed by atoms with Crippen molar-refractivity contribution in [3.8, 4) is 0 Å². The predicted molar refractivity (Wildman–Crippen MR) is 89.1 cm³/mol. The van der Waals surface area contributed by atoms with Gasteiger partial charge in [-0.05, 0) is 89.0 Å². The van der Waals surface area contributed by atoms with Crippen molar-refractivity contribution in [3.63, 3.8) is 0 Å². The molecule has 4 aliphatic rings. The fourth-order valence-electron chi connectivity index (χ4n) is 6.68. The summed E-state index contributed by atoms with van der Waals surface area (Å²) in [5, 5.41) is 0. The number of allylic oxidation sites excluding steroid dienone is 2. The third-order valence-electron chi connectivity index (χ3n) is 7.88. The Morgan fingerprint density at radius 3 is 2.71 bits per heavy atom. The van der Waals surface area contributed by atoms with Gasteiger partial charge in [0.2, 0.25) is 0 Å². The van der Waals surface area contributed by atoms with Crippen LogP contribution in [0.1, 0.15) is 65.2 Å². The number of rotatable bonds is 0. The molecule has 4 rings (SSSR count). The van der Waals surface area contributed by atoms with E-state index in [4.69, 9.17) is 0 Å². The summed E-state index contributed by atoms with van der Waals surface area (Å²) in [7, 11) is 0. The molecule has 0 aromatic rings. The first kappa shape index (κ1) is 14.5. The largest absolute Gasteiger partial charge is 0.294 e. The Labute approximate surface area is 137 Å². The lowest BCUT2D eigenvalue weighted by Crippen LogP contribution is -2.51. The van der Waals surface area contributed by atoms with Gasteiger partial charge in [-0.15, -0.1) is 0 Å². The molecule has 4 aliphatic carbocycles. The highest BCUT2D eigenvalue weighted by Crippen LogP contribution is 2.65. The van der Waals surface area contributed by atoms with Crippen LogP contribution < -0.4 is 0 Å². The molecule has 0 bridgehead atoms. The van der Waals surface area contributed by atoms with Crippen molar-refractivity contribution in [1.82, 2.24) is 0 Å². The van der Waals surface area contributed by atoms with Crippen LogP contribution in [0.25, 0.3) is 0 Å². The van der Waals surface area contributed by atoms with E-state index in [0.29, 0.717) is 17.1 Å². The molecule has 0 amide bonds. The Morgan fingerprint density at radius 1 is 1.10 bits per heavy atom. The monoisotopic (exact) mass is 350 g/mol. The first-order valence-electron chi connectivity index (χ1n) is 8.86. The molecule has 0 saturated heterocycles. The molecule has 0 radical (unpaired) electrons. The Kier molecular flexibility index (Phi) is 3.24. The van der Waals surface area contributed by atoms with E-state index in [9.17, 15) is 4.79 Å². The molecule has 2 heteroatoms. The number of ketones is 1. The maximum atomic E-state index is 12.1. The smallest absolute Gasteiger partial charge is 0.169 e. The molecule has 0 spiro atoms. The highest BCUT2D eigenvalue weighted by molar-refractivity contribution is 9.12. The summed E-state index contributed by atoms with van der Waals surface area (Å²) in [4.78, 5) is 12.1. The van der Waals surface area contributed by atoms with E-state index >= 15 is 0 Å². The van der Waals surface area contributed by atoms with Crippen LogP contribution in [0.2, 0.25) is 0 Å². The minimum absolute atomic E-state index is 0.263. The van der Waals surface area contributed by atoms with Gasteiger partial charge in [0.25, 0.3) is 0 Å². The van der Waals surface area contributed by atoms with Crippen molar-refractivity contribution in [2.45, 2.75) is 65.2 Å². The molecule has 0 unspecified atom stereocenters. The van der Waals surface area contributed by atoms with Gasteiger partial charge >= 0.3 is 0 Å². The van der Waals surface area contributed by atoms with Gasteiger partial charge in [-0.25, -0.2) is 0 Å². The lowest BCUT2D eigenvalue weighted by Gasteiger charge is -2.58. The minimum Gasteiger partial charge on any atom is -0.294 e. The third kappa shape index (κ3) is 1.97. The zero-order chi connectivity index (χ0) is 14.8. The lowest BCUT2D eigenvalue weighted by atomic mass is 9.46. The van der Waals surface area contributed by atoms with Gasteiger partial charge in [-0.3, -0.25) is 4.79 Å². The molecular formula is C19H27BrO. The van der Waals surface area contributed by atoms with Gasteiger partial charge in [-0.1, -0.05) is 26.3 Å². The van der Waals surface area contributed by atoms with Crippen molar-refractivity contribution in [1.29, 1.82) is 0 Å². The van der Waals surface area contributed by atoms with Crippen LogP contribution in [0.5, 0.6) is 0 Å². The van der Waals surface area contributed by atoms with Crippen molar-refractivity contribution < 1.29 is 4.79 Å². The van der Waals surface area contributed by atoms with Crippen LogP contribution >= 0.6 is 15.9 Å². The number of hydrogen-bond donors (Lipinski definition) is 0. The SMILES string of the molecule is C[C@@]12CCC[C@H]1[C@@H]1CC[C@H]3CC(=O)C(Br)=C[C@]3(C)[C@H]1CC2. The summed E-state index contributed by atoms with van der Waals surface area (Å²) in [6.45, 7) is 5.02. The number of halogens is 1. The fraction of sp³-hybridized carbons (Fsp3) is 0.842. The normalized spacial score (nSPS) is 52.7. The number of fused-ring (bicyclic) bond motifs is 5. The number of carbonyl (C=O) groups is 1. The topological polar surface area (TPSA) is 17.1 Å². The molecule has 0 aromatic heterocycles. The van der Waals surface area contributed by atoms with Crippen LogP contribution in [0.4, 0.5) is 0 Å². The van der Waals surface area contributed by atoms with Gasteiger partial charge in [0.05, 0.1) is 4.48 Å². The minimum atomic E-state index is 0.263. The first-order chi connectivity index (χ1) is 9.94. The third-order valence-corrected chi connectivity index (χ3v) is 8.55. The van der Waals surface area contributed by atoms with Gasteiger partial charge in [0.15, 0.2) is 5.78 Å². The Balaban J connectivity index is 1.71. The molecule has 116 valence electrons. The average molecular weight is 351 g/mol. The Bertz CT molecular complexity index is 510. The van der Waals surface area contributed by atoms with Gasteiger partial charge < -0.3 is 0 Å². The summed E-state index contributed by atoms with van der Waals surface area (Å²) >= 11 is 3.55. The molecule has 0 heterocycles. The maximum absolute atomic E-state index is 12.1. The van der Waals surface area contributed by atoms with E-state index in [1.165, 1.54) is 44.9 Å². The zero-order valence-corrected chi connectivity index (χ0v) is 14.9. The van der Waals surface area contributed by atoms with Crippen molar-refractivity contribution >= 4 is 21.7 Å². The van der Waals surface area contributed by atoms with Crippen LogP contribution in [0, 0.1) is 34.5 Å². The number of Topliss-reactive ketones (excluding diaryl/α,β-unsaturated/α-hetero) is 1. The van der Waals surface area contributed by atoms with E-state index in [1.54, 1.807) is 0 Å². The quantitative estimate of drug-likeness (QED) is 0.564. The second-order valence-electron chi connectivity index (χ2n) is 8.72. The van der Waals surface area contributed by atoms with E-state index < -0.39 is 0 Å².